The zero-order chi connectivity index (χ0) is 29.0. The molecule has 1 aliphatic carbocycles. The van der Waals surface area contributed by atoms with Crippen molar-refractivity contribution in [1.29, 1.82) is 0 Å². The van der Waals surface area contributed by atoms with E-state index in [1.54, 1.807) is 40.0 Å². The Bertz CT molecular complexity index is 1820. The Morgan fingerprint density at radius 3 is 2.79 bits per heavy atom. The summed E-state index contributed by atoms with van der Waals surface area (Å²) in [6.45, 7) is 2.03. The van der Waals surface area contributed by atoms with Crippen LogP contribution < -0.4 is 20.9 Å². The number of oxazole rings is 1. The first-order valence-electron chi connectivity index (χ1n) is 14.8. The molecule has 2 aliphatic rings. The van der Waals surface area contributed by atoms with Gasteiger partial charge in [0.05, 0.1) is 12.1 Å². The topological polar surface area (TPSA) is 125 Å². The van der Waals surface area contributed by atoms with E-state index in [4.69, 9.17) is 14.1 Å². The first-order chi connectivity index (χ1) is 21.2. The molecule has 218 valence electrons. The molecule has 1 saturated carbocycles. The monoisotopic (exact) mass is 576 g/mol. The third kappa shape index (κ3) is 6.01. The zero-order valence-corrected chi connectivity index (χ0v) is 23.7. The van der Waals surface area contributed by atoms with Gasteiger partial charge in [-0.1, -0.05) is 24.7 Å². The minimum absolute atomic E-state index is 0.124. The Labute approximate surface area is 248 Å². The number of nitrogens with zero attached hydrogens (tertiary/aromatic N) is 6. The second kappa shape index (κ2) is 12.1. The van der Waals surface area contributed by atoms with Crippen molar-refractivity contribution in [1.82, 2.24) is 34.6 Å². The van der Waals surface area contributed by atoms with Crippen molar-refractivity contribution in [3.63, 3.8) is 0 Å². The molecule has 2 fully saturated rings. The van der Waals surface area contributed by atoms with Gasteiger partial charge in [-0.25, -0.2) is 14.6 Å². The van der Waals surface area contributed by atoms with Gasteiger partial charge in [0, 0.05) is 42.1 Å². The van der Waals surface area contributed by atoms with Gasteiger partial charge in [0.25, 0.3) is 5.56 Å². The van der Waals surface area contributed by atoms with Crippen LogP contribution in [0.25, 0.3) is 16.9 Å². The Kier molecular flexibility index (Phi) is 7.58. The minimum atomic E-state index is -0.240. The van der Waals surface area contributed by atoms with Crippen molar-refractivity contribution in [2.75, 3.05) is 18.4 Å². The van der Waals surface area contributed by atoms with Crippen molar-refractivity contribution in [3.05, 3.63) is 83.0 Å². The van der Waals surface area contributed by atoms with Crippen LogP contribution in [0.4, 0.5) is 11.6 Å². The highest BCUT2D eigenvalue weighted by Crippen LogP contribution is 2.25. The normalized spacial score (nSPS) is 17.1. The Hall–Kier alpha value is -4.95. The molecule has 1 unspecified atom stereocenters. The first kappa shape index (κ1) is 26.9. The van der Waals surface area contributed by atoms with Crippen molar-refractivity contribution in [2.45, 2.75) is 51.2 Å². The van der Waals surface area contributed by atoms with Gasteiger partial charge in [-0.05, 0) is 68.6 Å². The highest BCUT2D eigenvalue weighted by atomic mass is 16.5. The quantitative estimate of drug-likeness (QED) is 0.271. The summed E-state index contributed by atoms with van der Waals surface area (Å²) in [5, 5.41) is 11.6. The van der Waals surface area contributed by atoms with E-state index in [0.717, 1.165) is 50.2 Å². The van der Waals surface area contributed by atoms with E-state index >= 15 is 0 Å². The van der Waals surface area contributed by atoms with Crippen LogP contribution in [0.2, 0.25) is 0 Å². The first-order valence-corrected chi connectivity index (χ1v) is 14.8. The van der Waals surface area contributed by atoms with Crippen molar-refractivity contribution in [3.8, 4) is 23.5 Å². The van der Waals surface area contributed by atoms with Crippen LogP contribution >= 0.6 is 0 Å². The standard InChI is InChI=1S/C32H32N8O3/c41-30-23(9-8-22-5-1-2-6-22)17-24-18-34-32(37-25-10-12-26(13-11-25)43-27-7-3-14-33-19-27)38-29(24)39(30)20-28-31(42-21-35-28)40-16-4-15-36-40/h4,10-13,15-18,21-22,27,33H,1-3,5-7,14,19-20H2,(H,34,37,38). The molecule has 5 heterocycles. The molecule has 0 radical (unpaired) electrons. The molecule has 1 aromatic carbocycles. The molecule has 0 amide bonds. The Morgan fingerprint density at radius 2 is 2.00 bits per heavy atom. The molecule has 1 atom stereocenters. The van der Waals surface area contributed by atoms with Crippen LogP contribution in [0.1, 0.15) is 49.8 Å². The molecular weight excluding hydrogens is 544 g/mol. The predicted molar refractivity (Wildman–Crippen MR) is 162 cm³/mol. The molecule has 0 bridgehead atoms. The molecule has 5 aromatic rings. The molecule has 11 nitrogen and oxygen atoms in total. The fraction of sp³-hybridized carbons (Fsp3) is 0.344. The SMILES string of the molecule is O=c1c(C#CC2CCCC2)cc2cnc(Nc3ccc(OC4CCCNC4)cc3)nc2n1Cc1ncoc1-n1cccn1. The number of piperidine rings is 1. The molecular formula is C32H32N8O3. The maximum atomic E-state index is 13.9. The van der Waals surface area contributed by atoms with Crippen LogP contribution in [0.5, 0.6) is 5.75 Å². The highest BCUT2D eigenvalue weighted by molar-refractivity contribution is 5.77. The lowest BCUT2D eigenvalue weighted by Crippen LogP contribution is -2.37. The molecule has 11 heteroatoms. The van der Waals surface area contributed by atoms with Crippen LogP contribution in [-0.2, 0) is 6.54 Å². The predicted octanol–water partition coefficient (Wildman–Crippen LogP) is 4.43. The van der Waals surface area contributed by atoms with E-state index in [1.807, 2.05) is 24.3 Å². The molecule has 7 rings (SSSR count). The smallest absolute Gasteiger partial charge is 0.268 e. The zero-order valence-electron chi connectivity index (χ0n) is 23.7. The summed E-state index contributed by atoms with van der Waals surface area (Å²) in [5.74, 6) is 8.43. The number of pyridine rings is 1. The maximum absolute atomic E-state index is 13.9. The van der Waals surface area contributed by atoms with E-state index in [0.29, 0.717) is 40.0 Å². The van der Waals surface area contributed by atoms with Gasteiger partial charge in [0.1, 0.15) is 23.2 Å². The average molecular weight is 577 g/mol. The Balaban J connectivity index is 1.21. The maximum Gasteiger partial charge on any atom is 0.268 e. The fourth-order valence-electron chi connectivity index (χ4n) is 5.66. The van der Waals surface area contributed by atoms with Gasteiger partial charge >= 0.3 is 0 Å². The van der Waals surface area contributed by atoms with E-state index < -0.39 is 0 Å². The van der Waals surface area contributed by atoms with Gasteiger partial charge in [-0.15, -0.1) is 0 Å². The molecule has 43 heavy (non-hydrogen) atoms. The summed E-state index contributed by atoms with van der Waals surface area (Å²) in [5.41, 5.74) is 1.99. The largest absolute Gasteiger partial charge is 0.489 e. The summed E-state index contributed by atoms with van der Waals surface area (Å²) >= 11 is 0. The molecule has 4 aromatic heterocycles. The number of nitrogens with one attached hydrogen (secondary N) is 2. The molecule has 1 saturated heterocycles. The second-order valence-electron chi connectivity index (χ2n) is 11.0. The van der Waals surface area contributed by atoms with Crippen molar-refractivity contribution in [2.24, 2.45) is 5.92 Å². The highest BCUT2D eigenvalue weighted by Gasteiger charge is 2.18. The molecule has 1 aliphatic heterocycles. The van der Waals surface area contributed by atoms with E-state index in [1.165, 1.54) is 19.2 Å². The fourth-order valence-corrected chi connectivity index (χ4v) is 5.66. The van der Waals surface area contributed by atoms with Crippen LogP contribution in [0, 0.1) is 17.8 Å². The third-order valence-corrected chi connectivity index (χ3v) is 7.90. The number of ether oxygens (including phenoxy) is 1. The number of benzene rings is 1. The third-order valence-electron chi connectivity index (χ3n) is 7.90. The number of aromatic nitrogens is 6. The summed E-state index contributed by atoms with van der Waals surface area (Å²) in [6, 6.07) is 11.3. The second-order valence-corrected chi connectivity index (χ2v) is 11.0. The van der Waals surface area contributed by atoms with E-state index in [2.05, 4.69) is 37.5 Å². The minimum Gasteiger partial charge on any atom is -0.489 e. The number of anilines is 2. The van der Waals surface area contributed by atoms with Gasteiger partial charge in [0.15, 0.2) is 6.39 Å². The van der Waals surface area contributed by atoms with Crippen molar-refractivity contribution >= 4 is 22.7 Å². The Morgan fingerprint density at radius 1 is 1.12 bits per heavy atom. The number of hydrogen-bond donors (Lipinski definition) is 2. The lowest BCUT2D eigenvalue weighted by Gasteiger charge is -2.24. The summed E-state index contributed by atoms with van der Waals surface area (Å²) in [4.78, 5) is 27.6. The van der Waals surface area contributed by atoms with Crippen molar-refractivity contribution < 1.29 is 9.15 Å². The van der Waals surface area contributed by atoms with Crippen LogP contribution in [0.15, 0.2) is 70.6 Å². The van der Waals surface area contributed by atoms with Gasteiger partial charge in [0.2, 0.25) is 11.8 Å². The number of rotatable bonds is 7. The van der Waals surface area contributed by atoms with E-state index in [-0.39, 0.29) is 18.2 Å². The average Bonchev–Trinajstić information content (AvgIpc) is 3.83. The summed E-state index contributed by atoms with van der Waals surface area (Å²) in [6.07, 6.45) is 13.3. The van der Waals surface area contributed by atoms with Gasteiger partial charge in [-0.2, -0.15) is 10.1 Å². The molecule has 0 spiro atoms. The van der Waals surface area contributed by atoms with Crippen LogP contribution in [-0.4, -0.2) is 48.5 Å². The number of fused-ring (bicyclic) bond motifs is 1. The molecule has 2 N–H and O–H groups in total. The summed E-state index contributed by atoms with van der Waals surface area (Å²) < 4.78 is 14.9. The lowest BCUT2D eigenvalue weighted by molar-refractivity contribution is 0.167. The van der Waals surface area contributed by atoms with E-state index in [9.17, 15) is 4.79 Å². The van der Waals surface area contributed by atoms with Gasteiger partial charge in [-0.3, -0.25) is 9.36 Å². The summed E-state index contributed by atoms with van der Waals surface area (Å²) in [7, 11) is 0. The van der Waals surface area contributed by atoms with Crippen LogP contribution in [0.3, 0.4) is 0 Å². The number of hydrogen-bond acceptors (Lipinski definition) is 9. The van der Waals surface area contributed by atoms with Gasteiger partial charge < -0.3 is 19.8 Å². The lowest BCUT2D eigenvalue weighted by atomic mass is 10.1.